The zero-order valence-corrected chi connectivity index (χ0v) is 16.1. The predicted molar refractivity (Wildman–Crippen MR) is 106 cm³/mol. The van der Waals surface area contributed by atoms with Gasteiger partial charge in [-0.1, -0.05) is 17.8 Å². The Hall–Kier alpha value is -3.07. The highest BCUT2D eigenvalue weighted by molar-refractivity contribution is 7.98. The van der Waals surface area contributed by atoms with E-state index in [9.17, 15) is 0 Å². The van der Waals surface area contributed by atoms with Gasteiger partial charge in [-0.05, 0) is 37.3 Å². The summed E-state index contributed by atoms with van der Waals surface area (Å²) >= 11 is 1.50. The Morgan fingerprint density at radius 2 is 2.04 bits per heavy atom. The SMILES string of the molecule is COc1ccc(/C(C)=N/Nc2nc(SCc3ccccn3)n[nH]2)cc1OC. The molecule has 0 amide bonds. The molecular formula is C18H20N6O2S. The molecule has 2 aromatic heterocycles. The minimum atomic E-state index is 0.471. The van der Waals surface area contributed by atoms with Crippen molar-refractivity contribution in [1.29, 1.82) is 0 Å². The second kappa shape index (κ2) is 9.04. The first-order valence-electron chi connectivity index (χ1n) is 8.17. The number of nitrogens with zero attached hydrogens (tertiary/aromatic N) is 4. The van der Waals surface area contributed by atoms with Gasteiger partial charge >= 0.3 is 0 Å². The molecule has 0 radical (unpaired) electrons. The lowest BCUT2D eigenvalue weighted by Crippen LogP contribution is -2.02. The van der Waals surface area contributed by atoms with Gasteiger partial charge in [0.15, 0.2) is 11.5 Å². The van der Waals surface area contributed by atoms with E-state index in [1.54, 1.807) is 20.4 Å². The fourth-order valence-corrected chi connectivity index (χ4v) is 2.96. The minimum absolute atomic E-state index is 0.471. The summed E-state index contributed by atoms with van der Waals surface area (Å²) in [7, 11) is 3.21. The summed E-state index contributed by atoms with van der Waals surface area (Å²) in [5.41, 5.74) is 5.54. The Morgan fingerprint density at radius 1 is 1.19 bits per heavy atom. The standard InChI is InChI=1S/C18H20N6O2S/c1-12(13-7-8-15(25-2)16(10-13)26-3)21-22-17-20-18(24-23-17)27-11-14-6-4-5-9-19-14/h4-10H,11H2,1-3H3,(H2,20,22,23,24)/b21-12+. The third kappa shape index (κ3) is 4.98. The first-order valence-corrected chi connectivity index (χ1v) is 9.16. The number of thioether (sulfide) groups is 1. The zero-order chi connectivity index (χ0) is 19.1. The van der Waals surface area contributed by atoms with E-state index in [2.05, 4.69) is 30.7 Å². The zero-order valence-electron chi connectivity index (χ0n) is 15.3. The molecule has 0 aliphatic heterocycles. The Bertz CT molecular complexity index is 913. The number of methoxy groups -OCH3 is 2. The summed E-state index contributed by atoms with van der Waals surface area (Å²) < 4.78 is 10.6. The number of nitrogens with one attached hydrogen (secondary N) is 2. The smallest absolute Gasteiger partial charge is 0.240 e. The Balaban J connectivity index is 1.61. The van der Waals surface area contributed by atoms with Crippen LogP contribution < -0.4 is 14.9 Å². The molecular weight excluding hydrogens is 364 g/mol. The van der Waals surface area contributed by atoms with Crippen molar-refractivity contribution in [3.63, 3.8) is 0 Å². The molecule has 0 fully saturated rings. The van der Waals surface area contributed by atoms with Gasteiger partial charge in [-0.15, -0.1) is 5.10 Å². The molecule has 0 spiro atoms. The maximum Gasteiger partial charge on any atom is 0.240 e. The summed E-state index contributed by atoms with van der Waals surface area (Å²) in [6.45, 7) is 1.89. The number of aromatic nitrogens is 4. The van der Waals surface area contributed by atoms with Crippen LogP contribution in [0.2, 0.25) is 0 Å². The first kappa shape index (κ1) is 18.7. The summed E-state index contributed by atoms with van der Waals surface area (Å²) in [5, 5.41) is 12.0. The topological polar surface area (TPSA) is 97.3 Å². The molecule has 9 heteroatoms. The van der Waals surface area contributed by atoms with Crippen LogP contribution in [0, 0.1) is 0 Å². The number of ether oxygens (including phenoxy) is 2. The fourth-order valence-electron chi connectivity index (χ4n) is 2.25. The third-order valence-electron chi connectivity index (χ3n) is 3.67. The summed E-state index contributed by atoms with van der Waals surface area (Å²) in [6.07, 6.45) is 1.77. The van der Waals surface area contributed by atoms with Crippen LogP contribution in [0.15, 0.2) is 52.9 Å². The molecule has 0 unspecified atom stereocenters. The Labute approximate surface area is 161 Å². The predicted octanol–water partition coefficient (Wildman–Crippen LogP) is 3.35. The number of benzene rings is 1. The first-order chi connectivity index (χ1) is 13.2. The highest BCUT2D eigenvalue weighted by Crippen LogP contribution is 2.27. The lowest BCUT2D eigenvalue weighted by atomic mass is 10.1. The number of H-pyrrole nitrogens is 1. The van der Waals surface area contributed by atoms with Crippen molar-refractivity contribution in [2.75, 3.05) is 19.6 Å². The summed E-state index contributed by atoms with van der Waals surface area (Å²) in [5.74, 6) is 2.49. The van der Waals surface area contributed by atoms with Crippen molar-refractivity contribution >= 4 is 23.4 Å². The number of hydrazone groups is 1. The van der Waals surface area contributed by atoms with E-state index < -0.39 is 0 Å². The van der Waals surface area contributed by atoms with Crippen LogP contribution in [0.25, 0.3) is 0 Å². The number of rotatable bonds is 8. The van der Waals surface area contributed by atoms with Crippen molar-refractivity contribution < 1.29 is 9.47 Å². The molecule has 0 aliphatic rings. The van der Waals surface area contributed by atoms with Crippen molar-refractivity contribution in [2.24, 2.45) is 5.10 Å². The van der Waals surface area contributed by atoms with E-state index in [1.165, 1.54) is 11.8 Å². The Morgan fingerprint density at radius 3 is 2.78 bits per heavy atom. The van der Waals surface area contributed by atoms with Gasteiger partial charge in [0, 0.05) is 17.5 Å². The van der Waals surface area contributed by atoms with Crippen LogP contribution in [-0.2, 0) is 5.75 Å². The highest BCUT2D eigenvalue weighted by Gasteiger charge is 2.08. The van der Waals surface area contributed by atoms with E-state index in [0.717, 1.165) is 17.0 Å². The molecule has 0 bridgehead atoms. The van der Waals surface area contributed by atoms with Crippen molar-refractivity contribution in [3.05, 3.63) is 53.9 Å². The molecule has 3 aromatic rings. The lowest BCUT2D eigenvalue weighted by Gasteiger charge is -2.09. The maximum absolute atomic E-state index is 5.32. The van der Waals surface area contributed by atoms with Gasteiger partial charge in [0.25, 0.3) is 0 Å². The monoisotopic (exact) mass is 384 g/mol. The number of aromatic amines is 1. The van der Waals surface area contributed by atoms with Crippen LogP contribution in [0.4, 0.5) is 5.95 Å². The maximum atomic E-state index is 5.32. The lowest BCUT2D eigenvalue weighted by molar-refractivity contribution is 0.355. The number of anilines is 1. The summed E-state index contributed by atoms with van der Waals surface area (Å²) in [4.78, 5) is 8.63. The van der Waals surface area contributed by atoms with E-state index in [-0.39, 0.29) is 0 Å². The van der Waals surface area contributed by atoms with Crippen molar-refractivity contribution in [2.45, 2.75) is 17.8 Å². The molecule has 0 atom stereocenters. The molecule has 0 saturated carbocycles. The van der Waals surface area contributed by atoms with Gasteiger partial charge in [0.2, 0.25) is 11.1 Å². The van der Waals surface area contributed by atoms with Gasteiger partial charge in [-0.25, -0.2) is 10.5 Å². The largest absolute Gasteiger partial charge is 0.493 e. The van der Waals surface area contributed by atoms with Crippen LogP contribution in [0.5, 0.6) is 11.5 Å². The van der Waals surface area contributed by atoms with Crippen LogP contribution in [0.3, 0.4) is 0 Å². The average molecular weight is 384 g/mol. The van der Waals surface area contributed by atoms with Crippen LogP contribution in [-0.4, -0.2) is 40.1 Å². The summed E-state index contributed by atoms with van der Waals surface area (Å²) in [6, 6.07) is 11.4. The quantitative estimate of drug-likeness (QED) is 0.349. The normalized spacial score (nSPS) is 11.3. The van der Waals surface area contributed by atoms with E-state index in [1.807, 2.05) is 43.3 Å². The van der Waals surface area contributed by atoms with Crippen molar-refractivity contribution in [3.8, 4) is 11.5 Å². The van der Waals surface area contributed by atoms with Crippen molar-refractivity contribution in [1.82, 2.24) is 20.2 Å². The van der Waals surface area contributed by atoms with Crippen LogP contribution >= 0.6 is 11.8 Å². The fraction of sp³-hybridized carbons (Fsp3) is 0.222. The number of pyridine rings is 1. The molecule has 8 nitrogen and oxygen atoms in total. The minimum Gasteiger partial charge on any atom is -0.493 e. The second-order valence-corrected chi connectivity index (χ2v) is 6.40. The van der Waals surface area contributed by atoms with E-state index in [4.69, 9.17) is 9.47 Å². The molecule has 3 rings (SSSR count). The van der Waals surface area contributed by atoms with Gasteiger partial charge in [-0.2, -0.15) is 10.1 Å². The van der Waals surface area contributed by atoms with Gasteiger partial charge < -0.3 is 9.47 Å². The second-order valence-electron chi connectivity index (χ2n) is 5.46. The van der Waals surface area contributed by atoms with Gasteiger partial charge in [0.05, 0.1) is 25.6 Å². The highest BCUT2D eigenvalue weighted by atomic mass is 32.2. The molecule has 1 aromatic carbocycles. The molecule has 0 saturated heterocycles. The molecule has 0 aliphatic carbocycles. The van der Waals surface area contributed by atoms with Gasteiger partial charge in [0.1, 0.15) is 0 Å². The number of hydrogen-bond acceptors (Lipinski definition) is 8. The molecule has 2 heterocycles. The molecule has 140 valence electrons. The average Bonchev–Trinajstić information content (AvgIpc) is 3.18. The van der Waals surface area contributed by atoms with E-state index >= 15 is 0 Å². The van der Waals surface area contributed by atoms with E-state index in [0.29, 0.717) is 28.4 Å². The Kier molecular flexibility index (Phi) is 6.26. The van der Waals surface area contributed by atoms with Gasteiger partial charge in [-0.3, -0.25) is 4.98 Å². The number of hydrogen-bond donors (Lipinski definition) is 2. The third-order valence-corrected chi connectivity index (χ3v) is 4.55. The van der Waals surface area contributed by atoms with Crippen LogP contribution in [0.1, 0.15) is 18.2 Å². The molecule has 27 heavy (non-hydrogen) atoms. The molecule has 2 N–H and O–H groups in total.